The number of benzene rings is 2. The van der Waals surface area contributed by atoms with Crippen LogP contribution in [-0.2, 0) is 11.3 Å². The normalized spacial score (nSPS) is 11.0. The third-order valence-corrected chi connectivity index (χ3v) is 4.52. The average molecular weight is 360 g/mol. The van der Waals surface area contributed by atoms with Crippen molar-refractivity contribution in [2.75, 3.05) is 6.73 Å². The predicted molar refractivity (Wildman–Crippen MR) is 105 cm³/mol. The van der Waals surface area contributed by atoms with E-state index in [2.05, 4.69) is 0 Å². The number of aryl methyl sites for hydroxylation is 1. The molecule has 4 rings (SSSR count). The Kier molecular flexibility index (Phi) is 4.52. The molecule has 0 bridgehead atoms. The summed E-state index contributed by atoms with van der Waals surface area (Å²) in [4.78, 5) is 12.9. The first-order valence-corrected chi connectivity index (χ1v) is 8.76. The van der Waals surface area contributed by atoms with Gasteiger partial charge in [-0.1, -0.05) is 35.9 Å². The average Bonchev–Trinajstić information content (AvgIpc) is 3.00. The van der Waals surface area contributed by atoms with E-state index in [0.29, 0.717) is 11.3 Å². The van der Waals surface area contributed by atoms with Crippen molar-refractivity contribution in [1.29, 1.82) is 0 Å². The summed E-state index contributed by atoms with van der Waals surface area (Å²) in [6.07, 6.45) is 1.92. The molecule has 0 radical (unpaired) electrons. The molecule has 0 spiro atoms. The van der Waals surface area contributed by atoms with Gasteiger partial charge in [0.1, 0.15) is 19.1 Å². The van der Waals surface area contributed by atoms with E-state index in [0.717, 1.165) is 27.5 Å². The van der Waals surface area contributed by atoms with E-state index < -0.39 is 0 Å². The molecule has 2 aromatic carbocycles. The first kappa shape index (κ1) is 17.1. The fourth-order valence-corrected chi connectivity index (χ4v) is 3.34. The predicted octanol–water partition coefficient (Wildman–Crippen LogP) is 4.05. The number of fused-ring (bicyclic) bond motifs is 3. The Morgan fingerprint density at radius 3 is 2.74 bits per heavy atom. The number of carbonyl (C=O) groups is 1. The van der Waals surface area contributed by atoms with E-state index in [9.17, 15) is 4.79 Å². The van der Waals surface area contributed by atoms with Crippen LogP contribution in [0.15, 0.2) is 66.9 Å². The first-order chi connectivity index (χ1) is 13.2. The molecule has 2 N–H and O–H groups in total. The quantitative estimate of drug-likeness (QED) is 0.431. The summed E-state index contributed by atoms with van der Waals surface area (Å²) >= 11 is 0. The van der Waals surface area contributed by atoms with Gasteiger partial charge in [0.05, 0.1) is 16.6 Å². The van der Waals surface area contributed by atoms with Gasteiger partial charge in [-0.05, 0) is 36.8 Å². The summed E-state index contributed by atoms with van der Waals surface area (Å²) in [5, 5.41) is 0.819. The van der Waals surface area contributed by atoms with Crippen LogP contribution in [0.25, 0.3) is 16.4 Å². The Labute approximate surface area is 156 Å². The van der Waals surface area contributed by atoms with E-state index in [1.807, 2.05) is 78.2 Å². The molecule has 0 aliphatic heterocycles. The van der Waals surface area contributed by atoms with Crippen LogP contribution in [-0.4, -0.2) is 17.1 Å². The zero-order chi connectivity index (χ0) is 18.8. The topological polar surface area (TPSA) is 66.0 Å². The molecule has 5 nitrogen and oxygen atoms in total. The second-order valence-electron chi connectivity index (χ2n) is 6.39. The van der Waals surface area contributed by atoms with Gasteiger partial charge >= 0.3 is 5.97 Å². The maximum atomic E-state index is 12.9. The van der Waals surface area contributed by atoms with Gasteiger partial charge in [-0.15, -0.1) is 0 Å². The first-order valence-electron chi connectivity index (χ1n) is 8.76. The Hall–Kier alpha value is -3.31. The monoisotopic (exact) mass is 360 g/mol. The van der Waals surface area contributed by atoms with E-state index in [4.69, 9.17) is 15.2 Å². The molecule has 0 aliphatic rings. The Morgan fingerprint density at radius 1 is 1.04 bits per heavy atom. The molecule has 4 aromatic rings. The van der Waals surface area contributed by atoms with Crippen LogP contribution in [0, 0.1) is 6.92 Å². The van der Waals surface area contributed by atoms with Gasteiger partial charge < -0.3 is 13.9 Å². The molecule has 0 unspecified atom stereocenters. The second-order valence-corrected chi connectivity index (χ2v) is 6.39. The van der Waals surface area contributed by atoms with Crippen LogP contribution in [0.4, 0.5) is 0 Å². The van der Waals surface area contributed by atoms with Crippen LogP contribution in [0.5, 0.6) is 5.75 Å². The number of esters is 1. The third-order valence-electron chi connectivity index (χ3n) is 4.52. The van der Waals surface area contributed by atoms with Crippen molar-refractivity contribution in [3.63, 3.8) is 0 Å². The lowest BCUT2D eigenvalue weighted by Crippen LogP contribution is -2.07. The van der Waals surface area contributed by atoms with E-state index >= 15 is 0 Å². The molecule has 27 heavy (non-hydrogen) atoms. The summed E-state index contributed by atoms with van der Waals surface area (Å²) in [7, 11) is 0. The summed E-state index contributed by atoms with van der Waals surface area (Å²) < 4.78 is 13.0. The van der Waals surface area contributed by atoms with Crippen LogP contribution in [0.1, 0.15) is 21.5 Å². The van der Waals surface area contributed by atoms with Crippen molar-refractivity contribution in [3.05, 3.63) is 83.6 Å². The fraction of sp³-hybridized carbons (Fsp3) is 0.136. The highest BCUT2D eigenvalue weighted by Crippen LogP contribution is 2.30. The summed E-state index contributed by atoms with van der Waals surface area (Å²) in [6, 6.07) is 19.2. The number of ether oxygens (including phenoxy) is 2. The van der Waals surface area contributed by atoms with Gasteiger partial charge in [0.25, 0.3) is 0 Å². The molecule has 2 heterocycles. The third kappa shape index (κ3) is 3.25. The van der Waals surface area contributed by atoms with Crippen molar-refractivity contribution in [2.24, 2.45) is 5.73 Å². The van der Waals surface area contributed by atoms with Crippen LogP contribution >= 0.6 is 0 Å². The van der Waals surface area contributed by atoms with Crippen LogP contribution in [0.3, 0.4) is 0 Å². The Balaban J connectivity index is 1.74. The lowest BCUT2D eigenvalue weighted by atomic mass is 10.1. The van der Waals surface area contributed by atoms with Crippen molar-refractivity contribution in [3.8, 4) is 5.75 Å². The molecule has 0 saturated carbocycles. The van der Waals surface area contributed by atoms with E-state index in [-0.39, 0.29) is 19.3 Å². The molecule has 2 aromatic heterocycles. The minimum atomic E-state index is -0.345. The number of hydrogen-bond acceptors (Lipinski definition) is 4. The highest BCUT2D eigenvalue weighted by molar-refractivity contribution is 6.11. The van der Waals surface area contributed by atoms with Crippen LogP contribution < -0.4 is 10.5 Å². The van der Waals surface area contributed by atoms with Gasteiger partial charge in [0.2, 0.25) is 0 Å². The highest BCUT2D eigenvalue weighted by atomic mass is 16.5. The molecule has 0 atom stereocenters. The maximum Gasteiger partial charge on any atom is 0.341 e. The number of aromatic nitrogens is 1. The maximum absolute atomic E-state index is 12.9. The Bertz CT molecular complexity index is 1130. The van der Waals surface area contributed by atoms with E-state index in [1.165, 1.54) is 0 Å². The van der Waals surface area contributed by atoms with Gasteiger partial charge in [0.15, 0.2) is 0 Å². The summed E-state index contributed by atoms with van der Waals surface area (Å²) in [5.74, 6) is 0.315. The lowest BCUT2D eigenvalue weighted by molar-refractivity contribution is 0.0477. The standard InChI is InChI=1S/C22H20N2O3/c1-15-5-4-6-16(11-15)13-26-22(25)21-18-9-8-17(27-14-23)12-20(18)24-10-3-2-7-19(21)24/h2-12H,13-14,23H2,1H3. The van der Waals surface area contributed by atoms with Gasteiger partial charge in [-0.25, -0.2) is 4.79 Å². The highest BCUT2D eigenvalue weighted by Gasteiger charge is 2.20. The molecule has 0 saturated heterocycles. The minimum absolute atomic E-state index is 0.0974. The van der Waals surface area contributed by atoms with Gasteiger partial charge in [-0.3, -0.25) is 5.73 Å². The molecule has 0 aliphatic carbocycles. The molecule has 0 fully saturated rings. The van der Waals surface area contributed by atoms with E-state index in [1.54, 1.807) is 0 Å². The second kappa shape index (κ2) is 7.13. The summed E-state index contributed by atoms with van der Waals surface area (Å²) in [5.41, 5.74) is 9.80. The molecular formula is C22H20N2O3. The molecular weight excluding hydrogens is 340 g/mol. The van der Waals surface area contributed by atoms with Crippen LogP contribution in [0.2, 0.25) is 0 Å². The number of hydrogen-bond donors (Lipinski definition) is 1. The number of pyridine rings is 1. The molecule has 136 valence electrons. The van der Waals surface area contributed by atoms with Crippen molar-refractivity contribution < 1.29 is 14.3 Å². The number of nitrogens with two attached hydrogens (primary N) is 1. The molecule has 0 amide bonds. The lowest BCUT2D eigenvalue weighted by Gasteiger charge is -2.06. The zero-order valence-electron chi connectivity index (χ0n) is 15.0. The SMILES string of the molecule is Cc1cccc(COC(=O)c2c3ccc(OCN)cc3n3ccccc23)c1. The largest absolute Gasteiger partial charge is 0.479 e. The zero-order valence-corrected chi connectivity index (χ0v) is 15.0. The van der Waals surface area contributed by atoms with Gasteiger partial charge in [0, 0.05) is 17.6 Å². The Morgan fingerprint density at radius 2 is 1.93 bits per heavy atom. The minimum Gasteiger partial charge on any atom is -0.479 e. The van der Waals surface area contributed by atoms with Crippen molar-refractivity contribution in [2.45, 2.75) is 13.5 Å². The molecule has 5 heteroatoms. The number of rotatable bonds is 5. The van der Waals surface area contributed by atoms with Crippen molar-refractivity contribution in [1.82, 2.24) is 4.40 Å². The summed E-state index contributed by atoms with van der Waals surface area (Å²) in [6.45, 7) is 2.35. The fourth-order valence-electron chi connectivity index (χ4n) is 3.34. The smallest absolute Gasteiger partial charge is 0.341 e. The van der Waals surface area contributed by atoms with Gasteiger partial charge in [-0.2, -0.15) is 0 Å². The number of nitrogens with zero attached hydrogens (tertiary/aromatic N) is 1. The number of carbonyl (C=O) groups excluding carboxylic acids is 1. The van der Waals surface area contributed by atoms with Crippen molar-refractivity contribution >= 4 is 22.4 Å².